The van der Waals surface area contributed by atoms with Crippen molar-refractivity contribution in [3.8, 4) is 0 Å². The molecular weight excluding hydrogens is 252 g/mol. The van der Waals surface area contributed by atoms with Crippen LogP contribution in [-0.4, -0.2) is 34.9 Å². The largest absolute Gasteiger partial charge is 0.480 e. The van der Waals surface area contributed by atoms with E-state index >= 15 is 0 Å². The van der Waals surface area contributed by atoms with Gasteiger partial charge in [-0.2, -0.15) is 0 Å². The lowest BCUT2D eigenvalue weighted by Crippen LogP contribution is -2.30. The molecule has 0 rings (SSSR count). The number of alkyl halides is 1. The lowest BCUT2D eigenvalue weighted by molar-refractivity contribution is -0.138. The first kappa shape index (κ1) is 13.4. The zero-order valence-corrected chi connectivity index (χ0v) is 9.42. The van der Waals surface area contributed by atoms with Crippen LogP contribution in [0.25, 0.3) is 0 Å². The van der Waals surface area contributed by atoms with Gasteiger partial charge in [-0.25, -0.2) is 0 Å². The molecule has 0 aromatic rings. The number of hydrogen-bond acceptors (Lipinski definition) is 3. The second-order valence-electron chi connectivity index (χ2n) is 2.92. The molecule has 0 spiro atoms. The van der Waals surface area contributed by atoms with Crippen LogP contribution in [0.5, 0.6) is 0 Å². The maximum atomic E-state index is 10.7. The standard InChI is InChI=1S/C8H15BrN2O3/c9-5-7(12)11-4-2-1-3-6(10)8(13)14/h6H,1-5,10H2,(H,11,12)(H,13,14). The van der Waals surface area contributed by atoms with Crippen molar-refractivity contribution in [2.45, 2.75) is 25.3 Å². The van der Waals surface area contributed by atoms with E-state index in [9.17, 15) is 9.59 Å². The Morgan fingerprint density at radius 3 is 2.57 bits per heavy atom. The maximum Gasteiger partial charge on any atom is 0.320 e. The van der Waals surface area contributed by atoms with Gasteiger partial charge in [-0.1, -0.05) is 15.9 Å². The minimum absolute atomic E-state index is 0.0625. The van der Waals surface area contributed by atoms with E-state index in [-0.39, 0.29) is 5.91 Å². The number of unbranched alkanes of at least 4 members (excludes halogenated alkanes) is 1. The van der Waals surface area contributed by atoms with Gasteiger partial charge in [-0.05, 0) is 19.3 Å². The highest BCUT2D eigenvalue weighted by molar-refractivity contribution is 9.09. The molecule has 1 atom stereocenters. The fourth-order valence-corrected chi connectivity index (χ4v) is 1.09. The van der Waals surface area contributed by atoms with Crippen molar-refractivity contribution in [2.75, 3.05) is 11.9 Å². The van der Waals surface area contributed by atoms with Gasteiger partial charge >= 0.3 is 5.97 Å². The van der Waals surface area contributed by atoms with E-state index in [1.807, 2.05) is 0 Å². The summed E-state index contributed by atoms with van der Waals surface area (Å²) in [5.41, 5.74) is 5.29. The van der Waals surface area contributed by atoms with Crippen LogP contribution in [0.3, 0.4) is 0 Å². The number of amides is 1. The second kappa shape index (κ2) is 7.75. The average molecular weight is 267 g/mol. The summed E-state index contributed by atoms with van der Waals surface area (Å²) in [6.45, 7) is 0.566. The summed E-state index contributed by atoms with van der Waals surface area (Å²) in [4.78, 5) is 21.1. The molecule has 14 heavy (non-hydrogen) atoms. The van der Waals surface area contributed by atoms with Crippen molar-refractivity contribution in [2.24, 2.45) is 5.73 Å². The molecule has 0 aliphatic carbocycles. The SMILES string of the molecule is NC(CCCCNC(=O)CBr)C(=O)O. The van der Waals surface area contributed by atoms with Crippen LogP contribution >= 0.6 is 15.9 Å². The molecule has 5 nitrogen and oxygen atoms in total. The van der Waals surface area contributed by atoms with Crippen molar-refractivity contribution in [3.05, 3.63) is 0 Å². The number of carboxylic acids is 1. The van der Waals surface area contributed by atoms with Gasteiger partial charge in [0.25, 0.3) is 0 Å². The number of carbonyl (C=O) groups is 2. The third-order valence-electron chi connectivity index (χ3n) is 1.70. The Morgan fingerprint density at radius 2 is 2.07 bits per heavy atom. The zero-order valence-electron chi connectivity index (χ0n) is 7.83. The fourth-order valence-electron chi connectivity index (χ4n) is 0.888. The number of carboxylic acid groups (broad SMARTS) is 1. The van der Waals surface area contributed by atoms with E-state index in [1.165, 1.54) is 0 Å². The van der Waals surface area contributed by atoms with Gasteiger partial charge in [0.2, 0.25) is 5.91 Å². The molecular formula is C8H15BrN2O3. The van der Waals surface area contributed by atoms with Crippen molar-refractivity contribution in [1.82, 2.24) is 5.32 Å². The number of nitrogens with two attached hydrogens (primary N) is 1. The number of nitrogens with one attached hydrogen (secondary N) is 1. The van der Waals surface area contributed by atoms with E-state index < -0.39 is 12.0 Å². The lowest BCUT2D eigenvalue weighted by atomic mass is 10.1. The summed E-state index contributed by atoms with van der Waals surface area (Å²) in [6, 6.07) is -0.790. The summed E-state index contributed by atoms with van der Waals surface area (Å²) < 4.78 is 0. The van der Waals surface area contributed by atoms with E-state index in [0.29, 0.717) is 24.7 Å². The molecule has 0 aromatic carbocycles. The molecule has 0 aromatic heterocycles. The highest BCUT2D eigenvalue weighted by Crippen LogP contribution is 1.98. The topological polar surface area (TPSA) is 92.4 Å². The second-order valence-corrected chi connectivity index (χ2v) is 3.48. The molecule has 0 radical (unpaired) electrons. The monoisotopic (exact) mass is 266 g/mol. The van der Waals surface area contributed by atoms with Gasteiger partial charge < -0.3 is 16.2 Å². The summed E-state index contributed by atoms with van der Waals surface area (Å²) in [6.07, 6.45) is 1.90. The van der Waals surface area contributed by atoms with E-state index in [0.717, 1.165) is 6.42 Å². The van der Waals surface area contributed by atoms with E-state index in [1.54, 1.807) is 0 Å². The molecule has 4 N–H and O–H groups in total. The summed E-state index contributed by atoms with van der Waals surface area (Å²) in [5, 5.41) is 11.4. The Labute approximate surface area is 91.2 Å². The number of carbonyl (C=O) groups excluding carboxylic acids is 1. The highest BCUT2D eigenvalue weighted by Gasteiger charge is 2.09. The van der Waals surface area contributed by atoms with E-state index in [2.05, 4.69) is 21.2 Å². The van der Waals surface area contributed by atoms with Crippen molar-refractivity contribution in [3.63, 3.8) is 0 Å². The molecule has 0 heterocycles. The predicted octanol–water partition coefficient (Wildman–Crippen LogP) is 0.0797. The summed E-state index contributed by atoms with van der Waals surface area (Å²) in [7, 11) is 0. The summed E-state index contributed by atoms with van der Waals surface area (Å²) in [5.74, 6) is -1.04. The van der Waals surface area contributed by atoms with Crippen LogP contribution in [0.4, 0.5) is 0 Å². The Balaban J connectivity index is 3.30. The molecule has 0 aliphatic heterocycles. The van der Waals surface area contributed by atoms with Crippen molar-refractivity contribution in [1.29, 1.82) is 0 Å². The first-order valence-corrected chi connectivity index (χ1v) is 5.51. The Bertz CT molecular complexity index is 199. The first-order chi connectivity index (χ1) is 6.57. The Morgan fingerprint density at radius 1 is 1.43 bits per heavy atom. The first-order valence-electron chi connectivity index (χ1n) is 4.39. The van der Waals surface area contributed by atoms with Crippen molar-refractivity contribution < 1.29 is 14.7 Å². The molecule has 0 aliphatic rings. The summed E-state index contributed by atoms with van der Waals surface area (Å²) >= 11 is 3.02. The average Bonchev–Trinajstić information content (AvgIpc) is 2.16. The van der Waals surface area contributed by atoms with Gasteiger partial charge in [-0.15, -0.1) is 0 Å². The number of rotatable bonds is 7. The quantitative estimate of drug-likeness (QED) is 0.450. The van der Waals surface area contributed by atoms with Crippen LogP contribution < -0.4 is 11.1 Å². The van der Waals surface area contributed by atoms with Gasteiger partial charge in [0.15, 0.2) is 0 Å². The normalized spacial score (nSPS) is 12.1. The Hall–Kier alpha value is -0.620. The lowest BCUT2D eigenvalue weighted by Gasteiger charge is -2.06. The number of aliphatic carboxylic acids is 1. The van der Waals surface area contributed by atoms with Gasteiger partial charge in [0, 0.05) is 6.54 Å². The maximum absolute atomic E-state index is 10.7. The molecule has 6 heteroatoms. The molecule has 1 amide bonds. The van der Waals surface area contributed by atoms with Crippen LogP contribution in [0.1, 0.15) is 19.3 Å². The van der Waals surface area contributed by atoms with Gasteiger partial charge in [0.05, 0.1) is 5.33 Å². The smallest absolute Gasteiger partial charge is 0.320 e. The minimum atomic E-state index is -0.977. The van der Waals surface area contributed by atoms with Crippen LogP contribution in [0, 0.1) is 0 Å². The Kier molecular flexibility index (Phi) is 7.41. The van der Waals surface area contributed by atoms with Crippen molar-refractivity contribution >= 4 is 27.8 Å². The van der Waals surface area contributed by atoms with E-state index in [4.69, 9.17) is 10.8 Å². The fraction of sp³-hybridized carbons (Fsp3) is 0.750. The van der Waals surface area contributed by atoms with Gasteiger partial charge in [0.1, 0.15) is 6.04 Å². The molecule has 1 unspecified atom stereocenters. The van der Waals surface area contributed by atoms with Crippen LogP contribution in [0.15, 0.2) is 0 Å². The van der Waals surface area contributed by atoms with Gasteiger partial charge in [-0.3, -0.25) is 9.59 Å². The third-order valence-corrected chi connectivity index (χ3v) is 2.21. The number of halogens is 1. The minimum Gasteiger partial charge on any atom is -0.480 e. The van der Waals surface area contributed by atoms with Crippen LogP contribution in [0.2, 0.25) is 0 Å². The number of hydrogen-bond donors (Lipinski definition) is 3. The molecule has 82 valence electrons. The van der Waals surface area contributed by atoms with Crippen LogP contribution in [-0.2, 0) is 9.59 Å². The third kappa shape index (κ3) is 6.85. The molecule has 0 bridgehead atoms. The highest BCUT2D eigenvalue weighted by atomic mass is 79.9. The molecule has 0 saturated carbocycles. The molecule has 0 fully saturated rings. The predicted molar refractivity (Wildman–Crippen MR) is 56.3 cm³/mol. The zero-order chi connectivity index (χ0) is 11.0. The molecule has 0 saturated heterocycles.